The van der Waals surface area contributed by atoms with Crippen molar-refractivity contribution < 1.29 is 14.6 Å². The van der Waals surface area contributed by atoms with Crippen LogP contribution < -0.4 is 0 Å². The fourth-order valence-corrected chi connectivity index (χ4v) is 2.22. The maximum Gasteiger partial charge on any atom is 0.214 e. The van der Waals surface area contributed by atoms with Crippen LogP contribution in [0.1, 0.15) is 12.5 Å². The number of rotatable bonds is 4. The lowest BCUT2D eigenvalue weighted by Gasteiger charge is -2.05. The van der Waals surface area contributed by atoms with E-state index >= 15 is 0 Å². The van der Waals surface area contributed by atoms with Crippen LogP contribution >= 0.6 is 11.5 Å². The lowest BCUT2D eigenvalue weighted by Crippen LogP contribution is -1.93. The van der Waals surface area contributed by atoms with Gasteiger partial charge in [0.15, 0.2) is 5.94 Å². The van der Waals surface area contributed by atoms with Crippen LogP contribution in [0, 0.1) is 0 Å². The third-order valence-electron chi connectivity index (χ3n) is 2.34. The van der Waals surface area contributed by atoms with Gasteiger partial charge in [-0.25, -0.2) is 4.79 Å². The Labute approximate surface area is 108 Å². The van der Waals surface area contributed by atoms with Crippen LogP contribution in [0.25, 0.3) is 17.0 Å². The summed E-state index contributed by atoms with van der Waals surface area (Å²) in [6.07, 6.45) is 0. The lowest BCUT2D eigenvalue weighted by molar-refractivity contribution is 0.300. The number of carbonyl (C=O) groups excluding carboxylic acids is 1. The first kappa shape index (κ1) is 12.4. The molecule has 0 bridgehead atoms. The Bertz CT molecular complexity index is 583. The standard InChI is InChI=1S/C13H11NO3S/c1-2-17-12(7-15)11-8-18-14-13(11)9-3-5-10(16)6-4-9/h3-6,8,16H,2H2,1H3. The molecule has 0 aliphatic carbocycles. The van der Waals surface area contributed by atoms with Gasteiger partial charge in [-0.15, -0.1) is 0 Å². The van der Waals surface area contributed by atoms with Gasteiger partial charge in [0.1, 0.15) is 5.75 Å². The van der Waals surface area contributed by atoms with E-state index in [1.165, 1.54) is 11.5 Å². The predicted octanol–water partition coefficient (Wildman–Crippen LogP) is 2.72. The molecule has 2 rings (SSSR count). The van der Waals surface area contributed by atoms with Crippen LogP contribution in [-0.4, -0.2) is 22.0 Å². The number of hydrogen-bond donors (Lipinski definition) is 1. The molecule has 1 heterocycles. The molecule has 4 nitrogen and oxygen atoms in total. The fourth-order valence-electron chi connectivity index (χ4n) is 1.53. The zero-order valence-corrected chi connectivity index (χ0v) is 10.5. The van der Waals surface area contributed by atoms with Gasteiger partial charge >= 0.3 is 0 Å². The molecule has 0 atom stereocenters. The number of hydrogen-bond acceptors (Lipinski definition) is 5. The zero-order chi connectivity index (χ0) is 13.0. The van der Waals surface area contributed by atoms with E-state index in [-0.39, 0.29) is 11.5 Å². The highest BCUT2D eigenvalue weighted by molar-refractivity contribution is 7.04. The largest absolute Gasteiger partial charge is 0.508 e. The number of ether oxygens (including phenoxy) is 1. The average molecular weight is 261 g/mol. The molecule has 5 heteroatoms. The monoisotopic (exact) mass is 261 g/mol. The molecular formula is C13H11NO3S. The van der Waals surface area contributed by atoms with Gasteiger partial charge in [-0.2, -0.15) is 4.37 Å². The highest BCUT2D eigenvalue weighted by Gasteiger charge is 2.14. The molecule has 2 aromatic rings. The molecule has 0 aliphatic rings. The number of aromatic nitrogens is 1. The Kier molecular flexibility index (Phi) is 3.77. The second-order valence-corrected chi connectivity index (χ2v) is 4.12. The smallest absolute Gasteiger partial charge is 0.214 e. The van der Waals surface area contributed by atoms with Crippen molar-refractivity contribution in [3.05, 3.63) is 35.2 Å². The highest BCUT2D eigenvalue weighted by Crippen LogP contribution is 2.29. The Morgan fingerprint density at radius 3 is 2.78 bits per heavy atom. The average Bonchev–Trinajstić information content (AvgIpc) is 2.86. The summed E-state index contributed by atoms with van der Waals surface area (Å²) in [6.45, 7) is 2.20. The van der Waals surface area contributed by atoms with Gasteiger partial charge in [-0.3, -0.25) is 0 Å². The summed E-state index contributed by atoms with van der Waals surface area (Å²) < 4.78 is 9.48. The summed E-state index contributed by atoms with van der Waals surface area (Å²) in [5.41, 5.74) is 2.10. The third-order valence-corrected chi connectivity index (χ3v) is 2.97. The molecule has 0 fully saturated rings. The molecule has 92 valence electrons. The van der Waals surface area contributed by atoms with E-state index in [0.717, 1.165) is 5.56 Å². The van der Waals surface area contributed by atoms with Crippen molar-refractivity contribution in [3.8, 4) is 17.0 Å². The molecule has 0 radical (unpaired) electrons. The van der Waals surface area contributed by atoms with Crippen molar-refractivity contribution in [2.24, 2.45) is 0 Å². The number of benzene rings is 1. The molecule has 0 saturated heterocycles. The molecule has 0 amide bonds. The molecule has 0 spiro atoms. The summed E-state index contributed by atoms with van der Waals surface area (Å²) in [5.74, 6) is 2.14. The van der Waals surface area contributed by atoms with E-state index < -0.39 is 0 Å². The number of nitrogens with zero attached hydrogens (tertiary/aromatic N) is 1. The molecule has 0 saturated carbocycles. The van der Waals surface area contributed by atoms with E-state index in [9.17, 15) is 9.90 Å². The molecule has 0 unspecified atom stereocenters. The number of phenols is 1. The summed E-state index contributed by atoms with van der Waals surface area (Å²) in [6, 6.07) is 6.62. The molecule has 1 aromatic heterocycles. The Morgan fingerprint density at radius 2 is 2.17 bits per heavy atom. The normalized spacial score (nSPS) is 9.83. The minimum absolute atomic E-state index is 0.161. The van der Waals surface area contributed by atoms with Crippen molar-refractivity contribution >= 4 is 23.2 Å². The summed E-state index contributed by atoms with van der Waals surface area (Å²) in [5, 5.41) is 11.0. The SMILES string of the molecule is CCOC(=C=O)c1csnc1-c1ccc(O)cc1. The Hall–Kier alpha value is -2.10. The van der Waals surface area contributed by atoms with Crippen LogP contribution in [-0.2, 0) is 9.53 Å². The van der Waals surface area contributed by atoms with Crippen LogP contribution in [0.15, 0.2) is 29.6 Å². The van der Waals surface area contributed by atoms with Crippen LogP contribution in [0.3, 0.4) is 0 Å². The van der Waals surface area contributed by atoms with Gasteiger partial charge in [-0.1, -0.05) is 0 Å². The van der Waals surface area contributed by atoms with Gasteiger partial charge in [0.2, 0.25) is 5.76 Å². The Morgan fingerprint density at radius 1 is 1.44 bits per heavy atom. The van der Waals surface area contributed by atoms with Gasteiger partial charge in [0.05, 0.1) is 17.9 Å². The molecular weight excluding hydrogens is 250 g/mol. The zero-order valence-electron chi connectivity index (χ0n) is 9.71. The van der Waals surface area contributed by atoms with Gasteiger partial charge in [0.25, 0.3) is 0 Å². The predicted molar refractivity (Wildman–Crippen MR) is 69.9 cm³/mol. The minimum Gasteiger partial charge on any atom is -0.508 e. The summed E-state index contributed by atoms with van der Waals surface area (Å²) >= 11 is 1.24. The minimum atomic E-state index is 0.161. The van der Waals surface area contributed by atoms with E-state index in [4.69, 9.17) is 4.74 Å². The first-order valence-electron chi connectivity index (χ1n) is 5.38. The second-order valence-electron chi connectivity index (χ2n) is 3.49. The van der Waals surface area contributed by atoms with Crippen molar-refractivity contribution in [3.63, 3.8) is 0 Å². The topological polar surface area (TPSA) is 59.4 Å². The summed E-state index contributed by atoms with van der Waals surface area (Å²) in [7, 11) is 0. The van der Waals surface area contributed by atoms with Crippen LogP contribution in [0.2, 0.25) is 0 Å². The van der Waals surface area contributed by atoms with Gasteiger partial charge in [0, 0.05) is 10.9 Å². The molecule has 1 N–H and O–H groups in total. The summed E-state index contributed by atoms with van der Waals surface area (Å²) in [4.78, 5) is 10.9. The van der Waals surface area contributed by atoms with Crippen LogP contribution in [0.5, 0.6) is 5.75 Å². The van der Waals surface area contributed by atoms with E-state index in [2.05, 4.69) is 4.37 Å². The van der Waals surface area contributed by atoms with Crippen molar-refractivity contribution in [1.82, 2.24) is 4.37 Å². The second kappa shape index (κ2) is 5.49. The Balaban J connectivity index is 2.44. The first-order valence-corrected chi connectivity index (χ1v) is 6.22. The number of phenolic OH excluding ortho intramolecular Hbond substituents is 1. The van der Waals surface area contributed by atoms with Gasteiger partial charge in [-0.05, 0) is 42.7 Å². The third kappa shape index (κ3) is 2.42. The van der Waals surface area contributed by atoms with E-state index in [1.54, 1.807) is 42.5 Å². The van der Waals surface area contributed by atoms with Crippen molar-refractivity contribution in [2.45, 2.75) is 6.92 Å². The van der Waals surface area contributed by atoms with Crippen LogP contribution in [0.4, 0.5) is 0 Å². The van der Waals surface area contributed by atoms with Gasteiger partial charge < -0.3 is 9.84 Å². The maximum atomic E-state index is 10.9. The number of aromatic hydroxyl groups is 1. The fraction of sp³-hybridized carbons (Fsp3) is 0.154. The first-order chi connectivity index (χ1) is 8.76. The van der Waals surface area contributed by atoms with Crippen molar-refractivity contribution in [1.29, 1.82) is 0 Å². The highest BCUT2D eigenvalue weighted by atomic mass is 32.1. The molecule has 18 heavy (non-hydrogen) atoms. The molecule has 1 aromatic carbocycles. The van der Waals surface area contributed by atoms with E-state index in [0.29, 0.717) is 17.9 Å². The lowest BCUT2D eigenvalue weighted by atomic mass is 10.1. The molecule has 0 aliphatic heterocycles. The van der Waals surface area contributed by atoms with Crippen molar-refractivity contribution in [2.75, 3.05) is 6.61 Å². The quantitative estimate of drug-likeness (QED) is 0.679. The van der Waals surface area contributed by atoms with E-state index in [1.807, 2.05) is 0 Å². The maximum absolute atomic E-state index is 10.9.